The van der Waals surface area contributed by atoms with Crippen LogP contribution < -0.4 is 5.32 Å². The summed E-state index contributed by atoms with van der Waals surface area (Å²) in [6.07, 6.45) is 6.92. The Hall–Kier alpha value is -3.61. The molecular weight excluding hydrogens is 381 g/mol. The summed E-state index contributed by atoms with van der Waals surface area (Å²) in [5, 5.41) is 2.92. The molecule has 1 amide bonds. The normalized spacial score (nSPS) is 11.0. The van der Waals surface area contributed by atoms with Gasteiger partial charge in [0, 0.05) is 38.0 Å². The lowest BCUT2D eigenvalue weighted by molar-refractivity contribution is -0.121. The highest BCUT2D eigenvalue weighted by molar-refractivity contribution is 5.76. The van der Waals surface area contributed by atoms with E-state index in [1.807, 2.05) is 28.8 Å². The van der Waals surface area contributed by atoms with Crippen LogP contribution in [0.1, 0.15) is 29.8 Å². The highest BCUT2D eigenvalue weighted by Gasteiger charge is 2.13. The minimum absolute atomic E-state index is 0.00169. The predicted octanol–water partition coefficient (Wildman–Crippen LogP) is 3.65. The fraction of sp³-hybridized carbons (Fsp3) is 0.217. The minimum atomic E-state index is -0.259. The summed E-state index contributed by atoms with van der Waals surface area (Å²) in [5.74, 6) is 0.608. The molecule has 4 aromatic rings. The average molecular weight is 403 g/mol. The van der Waals surface area contributed by atoms with Crippen LogP contribution in [0, 0.1) is 5.82 Å². The number of carbonyl (C=O) groups is 1. The Morgan fingerprint density at radius 2 is 1.87 bits per heavy atom. The Labute approximate surface area is 173 Å². The molecule has 0 spiro atoms. The molecule has 7 heteroatoms. The molecule has 3 heterocycles. The number of imidazole rings is 1. The van der Waals surface area contributed by atoms with Crippen LogP contribution in [0.2, 0.25) is 0 Å². The van der Waals surface area contributed by atoms with Gasteiger partial charge >= 0.3 is 0 Å². The van der Waals surface area contributed by atoms with E-state index in [4.69, 9.17) is 4.98 Å². The number of aromatic nitrogens is 4. The fourth-order valence-corrected chi connectivity index (χ4v) is 3.33. The van der Waals surface area contributed by atoms with Crippen molar-refractivity contribution in [1.82, 2.24) is 24.8 Å². The maximum absolute atomic E-state index is 13.2. The van der Waals surface area contributed by atoms with Gasteiger partial charge in [-0.3, -0.25) is 9.78 Å². The highest BCUT2D eigenvalue weighted by atomic mass is 19.1. The number of nitrogens with zero attached hydrogens (tertiary/aromatic N) is 4. The van der Waals surface area contributed by atoms with Crippen LogP contribution in [0.15, 0.2) is 67.1 Å². The van der Waals surface area contributed by atoms with Gasteiger partial charge in [0.2, 0.25) is 5.91 Å². The Morgan fingerprint density at radius 3 is 2.67 bits per heavy atom. The summed E-state index contributed by atoms with van der Waals surface area (Å²) >= 11 is 0. The third kappa shape index (κ3) is 4.86. The summed E-state index contributed by atoms with van der Waals surface area (Å²) < 4.78 is 15.3. The van der Waals surface area contributed by atoms with Gasteiger partial charge < -0.3 is 9.88 Å². The highest BCUT2D eigenvalue weighted by Crippen LogP contribution is 2.18. The molecule has 0 saturated carbocycles. The van der Waals surface area contributed by atoms with E-state index in [2.05, 4.69) is 15.3 Å². The van der Waals surface area contributed by atoms with E-state index in [-0.39, 0.29) is 11.7 Å². The third-order valence-electron chi connectivity index (χ3n) is 4.85. The zero-order valence-electron chi connectivity index (χ0n) is 16.5. The number of aryl methyl sites for hydroxylation is 1. The van der Waals surface area contributed by atoms with Gasteiger partial charge in [-0.15, -0.1) is 0 Å². The molecule has 0 aliphatic rings. The van der Waals surface area contributed by atoms with Crippen molar-refractivity contribution < 1.29 is 9.18 Å². The first kappa shape index (κ1) is 19.7. The average Bonchev–Trinajstić information content (AvgIpc) is 3.12. The molecule has 1 aromatic carbocycles. The molecule has 0 unspecified atom stereocenters. The van der Waals surface area contributed by atoms with Crippen molar-refractivity contribution in [3.8, 4) is 0 Å². The van der Waals surface area contributed by atoms with Gasteiger partial charge in [0.25, 0.3) is 0 Å². The maximum Gasteiger partial charge on any atom is 0.220 e. The molecule has 152 valence electrons. The Balaban J connectivity index is 1.40. The lowest BCUT2D eigenvalue weighted by Gasteiger charge is -2.09. The lowest BCUT2D eigenvalue weighted by atomic mass is 10.2. The van der Waals surface area contributed by atoms with Crippen molar-refractivity contribution in [2.75, 3.05) is 0 Å². The molecule has 30 heavy (non-hydrogen) atoms. The number of pyridine rings is 2. The van der Waals surface area contributed by atoms with Crippen LogP contribution in [-0.2, 0) is 24.3 Å². The Kier molecular flexibility index (Phi) is 6.08. The summed E-state index contributed by atoms with van der Waals surface area (Å²) in [6, 6.07) is 14.0. The molecule has 0 bridgehead atoms. The summed E-state index contributed by atoms with van der Waals surface area (Å²) in [6.45, 7) is 1.02. The number of amides is 1. The van der Waals surface area contributed by atoms with Gasteiger partial charge in [0.05, 0.1) is 6.54 Å². The van der Waals surface area contributed by atoms with E-state index in [1.54, 1.807) is 30.7 Å². The summed E-state index contributed by atoms with van der Waals surface area (Å²) in [7, 11) is 0. The monoisotopic (exact) mass is 403 g/mol. The minimum Gasteiger partial charge on any atom is -0.352 e. The maximum atomic E-state index is 13.2. The number of carbonyl (C=O) groups excluding carboxylic acids is 1. The van der Waals surface area contributed by atoms with Crippen molar-refractivity contribution in [1.29, 1.82) is 0 Å². The second-order valence-electron chi connectivity index (χ2n) is 7.08. The Morgan fingerprint density at radius 1 is 1.03 bits per heavy atom. The molecule has 0 aliphatic carbocycles. The van der Waals surface area contributed by atoms with Crippen LogP contribution in [-0.4, -0.2) is 25.4 Å². The van der Waals surface area contributed by atoms with Crippen molar-refractivity contribution >= 4 is 17.1 Å². The summed E-state index contributed by atoms with van der Waals surface area (Å²) in [5.41, 5.74) is 3.54. The van der Waals surface area contributed by atoms with Gasteiger partial charge in [-0.1, -0.05) is 18.2 Å². The second kappa shape index (κ2) is 9.26. The number of nitrogens with one attached hydrogen (secondary N) is 1. The number of fused-ring (bicyclic) bond motifs is 1. The topological polar surface area (TPSA) is 72.7 Å². The van der Waals surface area contributed by atoms with Crippen molar-refractivity contribution in [2.24, 2.45) is 0 Å². The molecular formula is C23H22FN5O. The summed E-state index contributed by atoms with van der Waals surface area (Å²) in [4.78, 5) is 25.4. The van der Waals surface area contributed by atoms with Crippen LogP contribution in [0.5, 0.6) is 0 Å². The zero-order chi connectivity index (χ0) is 20.8. The third-order valence-corrected chi connectivity index (χ3v) is 4.85. The van der Waals surface area contributed by atoms with E-state index in [0.717, 1.165) is 28.1 Å². The molecule has 6 nitrogen and oxygen atoms in total. The molecule has 0 radical (unpaired) electrons. The first-order valence-electron chi connectivity index (χ1n) is 9.89. The molecule has 0 saturated heterocycles. The zero-order valence-corrected chi connectivity index (χ0v) is 16.5. The Bertz CT molecular complexity index is 1130. The van der Waals surface area contributed by atoms with E-state index < -0.39 is 0 Å². The number of benzene rings is 1. The van der Waals surface area contributed by atoms with Gasteiger partial charge in [0.1, 0.15) is 17.2 Å². The first-order chi connectivity index (χ1) is 14.7. The van der Waals surface area contributed by atoms with Crippen LogP contribution in [0.3, 0.4) is 0 Å². The molecule has 4 rings (SSSR count). The van der Waals surface area contributed by atoms with Gasteiger partial charge in [-0.05, 0) is 47.9 Å². The second-order valence-corrected chi connectivity index (χ2v) is 7.08. The van der Waals surface area contributed by atoms with Gasteiger partial charge in [0.15, 0.2) is 5.65 Å². The number of hydrogen-bond acceptors (Lipinski definition) is 4. The van der Waals surface area contributed by atoms with Crippen molar-refractivity contribution in [3.05, 3.63) is 89.9 Å². The standard InChI is InChI=1S/C23H22FN5O/c24-19-10-8-17(9-11-19)16-29-21(28-20-5-3-13-26-23(20)29)6-1-7-22(30)27-15-18-4-2-12-25-14-18/h2-5,8-14H,1,6-7,15-16H2,(H,27,30). The molecule has 0 fully saturated rings. The fourth-order valence-electron chi connectivity index (χ4n) is 3.33. The quantitative estimate of drug-likeness (QED) is 0.487. The van der Waals surface area contributed by atoms with Crippen molar-refractivity contribution in [2.45, 2.75) is 32.4 Å². The largest absolute Gasteiger partial charge is 0.352 e. The predicted molar refractivity (Wildman–Crippen MR) is 112 cm³/mol. The molecule has 3 aromatic heterocycles. The van der Waals surface area contributed by atoms with Gasteiger partial charge in [-0.2, -0.15) is 0 Å². The molecule has 0 aliphatic heterocycles. The number of rotatable bonds is 8. The molecule has 0 atom stereocenters. The van der Waals surface area contributed by atoms with Gasteiger partial charge in [-0.25, -0.2) is 14.4 Å². The number of hydrogen-bond donors (Lipinski definition) is 1. The van der Waals surface area contributed by atoms with Crippen LogP contribution in [0.4, 0.5) is 4.39 Å². The lowest BCUT2D eigenvalue weighted by Crippen LogP contribution is -2.22. The van der Waals surface area contributed by atoms with Crippen molar-refractivity contribution in [3.63, 3.8) is 0 Å². The smallest absolute Gasteiger partial charge is 0.220 e. The van der Waals surface area contributed by atoms with E-state index in [1.165, 1.54) is 12.1 Å². The van der Waals surface area contributed by atoms with E-state index in [0.29, 0.717) is 32.4 Å². The van der Waals surface area contributed by atoms with E-state index >= 15 is 0 Å². The first-order valence-corrected chi connectivity index (χ1v) is 9.89. The molecule has 1 N–H and O–H groups in total. The SMILES string of the molecule is O=C(CCCc1nc2cccnc2n1Cc1ccc(F)cc1)NCc1cccnc1. The van der Waals surface area contributed by atoms with Crippen LogP contribution >= 0.6 is 0 Å². The van der Waals surface area contributed by atoms with Crippen LogP contribution in [0.25, 0.3) is 11.2 Å². The number of halogens is 1. The van der Waals surface area contributed by atoms with E-state index in [9.17, 15) is 9.18 Å².